The van der Waals surface area contributed by atoms with Crippen LogP contribution in [-0.2, 0) is 0 Å². The predicted molar refractivity (Wildman–Crippen MR) is 35.2 cm³/mol. The molecule has 0 aliphatic heterocycles. The summed E-state index contributed by atoms with van der Waals surface area (Å²) in [7, 11) is 1.50. The SMILES string of the molecule is BC(=O)NSCC. The third-order valence-electron chi connectivity index (χ3n) is 0.360. The van der Waals surface area contributed by atoms with E-state index < -0.39 is 0 Å². The van der Waals surface area contributed by atoms with Gasteiger partial charge in [0.2, 0.25) is 7.85 Å². The fraction of sp³-hybridized carbons (Fsp3) is 0.667. The molecule has 0 saturated heterocycles. The van der Waals surface area contributed by atoms with E-state index in [-0.39, 0.29) is 5.81 Å². The summed E-state index contributed by atoms with van der Waals surface area (Å²) in [5.41, 5.74) is 0. The fourth-order valence-electron chi connectivity index (χ4n) is 0.174. The van der Waals surface area contributed by atoms with Crippen LogP contribution >= 0.6 is 11.9 Å². The van der Waals surface area contributed by atoms with Gasteiger partial charge >= 0.3 is 0 Å². The molecule has 4 heteroatoms. The van der Waals surface area contributed by atoms with E-state index in [4.69, 9.17) is 0 Å². The summed E-state index contributed by atoms with van der Waals surface area (Å²) in [4.78, 5) is 10.1. The molecule has 0 aliphatic carbocycles. The first-order valence-electron chi connectivity index (χ1n) is 2.15. The lowest BCUT2D eigenvalue weighted by atomic mass is 10.2. The Labute approximate surface area is 48.6 Å². The second kappa shape index (κ2) is 4.05. The van der Waals surface area contributed by atoms with Gasteiger partial charge < -0.3 is 4.72 Å². The summed E-state index contributed by atoms with van der Waals surface area (Å²) < 4.78 is 2.57. The van der Waals surface area contributed by atoms with Crippen molar-refractivity contribution in [2.45, 2.75) is 6.92 Å². The minimum atomic E-state index is 0.0202. The molecule has 7 heavy (non-hydrogen) atoms. The van der Waals surface area contributed by atoms with Gasteiger partial charge in [0, 0.05) is 5.75 Å². The molecule has 0 fully saturated rings. The quantitative estimate of drug-likeness (QED) is 0.407. The highest BCUT2D eigenvalue weighted by Crippen LogP contribution is 1.87. The lowest BCUT2D eigenvalue weighted by molar-refractivity contribution is 0.264. The first kappa shape index (κ1) is 6.88. The molecule has 0 aromatic heterocycles. The molecule has 2 nitrogen and oxygen atoms in total. The molecule has 0 aromatic carbocycles. The van der Waals surface area contributed by atoms with Crippen LogP contribution in [0.3, 0.4) is 0 Å². The van der Waals surface area contributed by atoms with Gasteiger partial charge in [-0.25, -0.2) is 0 Å². The lowest BCUT2D eigenvalue weighted by Gasteiger charge is -1.92. The molecule has 0 aromatic rings. The van der Waals surface area contributed by atoms with Gasteiger partial charge in [0.1, 0.15) is 0 Å². The van der Waals surface area contributed by atoms with Crippen LogP contribution in [0.4, 0.5) is 4.79 Å². The molecule has 1 N–H and O–H groups in total. The maximum absolute atomic E-state index is 10.1. The van der Waals surface area contributed by atoms with Crippen molar-refractivity contribution in [2.75, 3.05) is 5.75 Å². The minimum absolute atomic E-state index is 0.0202. The van der Waals surface area contributed by atoms with Gasteiger partial charge in [0.05, 0.1) is 0 Å². The van der Waals surface area contributed by atoms with Crippen molar-refractivity contribution in [3.05, 3.63) is 0 Å². The topological polar surface area (TPSA) is 29.1 Å². The van der Waals surface area contributed by atoms with Gasteiger partial charge in [-0.2, -0.15) is 0 Å². The zero-order valence-electron chi connectivity index (χ0n) is 4.52. The summed E-state index contributed by atoms with van der Waals surface area (Å²) in [5.74, 6) is 0.950. The molecule has 0 spiro atoms. The molecule has 0 radical (unpaired) electrons. The molecule has 0 unspecified atom stereocenters. The number of nitrogens with one attached hydrogen (secondary N) is 1. The maximum Gasteiger partial charge on any atom is 0.216 e. The zero-order valence-corrected chi connectivity index (χ0v) is 5.34. The number of carbonyl (C=O) groups excluding carboxylic acids is 1. The third-order valence-corrected chi connectivity index (χ3v) is 1.08. The normalized spacial score (nSPS) is 8.14. The van der Waals surface area contributed by atoms with Crippen molar-refractivity contribution < 1.29 is 4.79 Å². The highest BCUT2D eigenvalue weighted by Gasteiger charge is 1.84. The van der Waals surface area contributed by atoms with Crippen molar-refractivity contribution in [1.29, 1.82) is 0 Å². The van der Waals surface area contributed by atoms with E-state index >= 15 is 0 Å². The van der Waals surface area contributed by atoms with E-state index in [1.165, 1.54) is 19.8 Å². The number of rotatable bonds is 2. The van der Waals surface area contributed by atoms with Gasteiger partial charge in [0.25, 0.3) is 0 Å². The predicted octanol–water partition coefficient (Wildman–Crippen LogP) is -0.00280. The highest BCUT2D eigenvalue weighted by atomic mass is 32.2. The number of amides is 1. The van der Waals surface area contributed by atoms with Crippen molar-refractivity contribution >= 4 is 25.6 Å². The Kier molecular flexibility index (Phi) is 3.99. The Hall–Kier alpha value is -0.115. The average Bonchev–Trinajstić information content (AvgIpc) is 1.61. The Bertz CT molecular complexity index is 68.0. The smallest absolute Gasteiger partial charge is 0.216 e. The van der Waals surface area contributed by atoms with Crippen LogP contribution in [0.25, 0.3) is 0 Å². The van der Waals surface area contributed by atoms with Gasteiger partial charge in [-0.05, 0) is 0 Å². The molecule has 0 aliphatic rings. The molecular weight excluding hydrogens is 109 g/mol. The molecular formula is C3H8BNOS. The van der Waals surface area contributed by atoms with Gasteiger partial charge in [-0.3, -0.25) is 4.79 Å². The largest absolute Gasteiger partial charge is 0.310 e. The molecule has 0 heterocycles. The highest BCUT2D eigenvalue weighted by molar-refractivity contribution is 7.98. The van der Waals surface area contributed by atoms with E-state index in [0.717, 1.165) is 5.75 Å². The van der Waals surface area contributed by atoms with Crippen LogP contribution < -0.4 is 4.72 Å². The number of carbonyl (C=O) groups is 1. The Morgan fingerprint density at radius 1 is 2.00 bits per heavy atom. The van der Waals surface area contributed by atoms with Crippen LogP contribution in [0.5, 0.6) is 0 Å². The minimum Gasteiger partial charge on any atom is -0.310 e. The molecule has 0 bridgehead atoms. The second-order valence-electron chi connectivity index (χ2n) is 1.09. The van der Waals surface area contributed by atoms with Gasteiger partial charge in [-0.1, -0.05) is 18.9 Å². The second-order valence-corrected chi connectivity index (χ2v) is 2.16. The maximum atomic E-state index is 10.1. The zero-order chi connectivity index (χ0) is 5.70. The van der Waals surface area contributed by atoms with Crippen LogP contribution in [0.15, 0.2) is 0 Å². The van der Waals surface area contributed by atoms with E-state index in [1.54, 1.807) is 0 Å². The van der Waals surface area contributed by atoms with E-state index in [2.05, 4.69) is 4.72 Å². The van der Waals surface area contributed by atoms with Crippen molar-refractivity contribution in [1.82, 2.24) is 4.72 Å². The first-order chi connectivity index (χ1) is 3.27. The fourth-order valence-corrected chi connectivity index (χ4v) is 0.521. The molecule has 0 rings (SSSR count). The Balaban J connectivity index is 2.82. The van der Waals surface area contributed by atoms with Gasteiger partial charge in [-0.15, -0.1) is 0 Å². The van der Waals surface area contributed by atoms with Crippen molar-refractivity contribution in [2.24, 2.45) is 0 Å². The summed E-state index contributed by atoms with van der Waals surface area (Å²) in [5, 5.41) is 0. The van der Waals surface area contributed by atoms with Crippen molar-refractivity contribution in [3.63, 3.8) is 0 Å². The lowest BCUT2D eigenvalue weighted by Crippen LogP contribution is -2.12. The molecule has 0 saturated carbocycles. The standard InChI is InChI=1S/C3H8BNOS/c1-2-7-5-3(4)6/h2,4H2,1H3,(H,5,6). The Morgan fingerprint density at radius 2 is 2.57 bits per heavy atom. The first-order valence-corrected chi connectivity index (χ1v) is 3.14. The molecule has 40 valence electrons. The Morgan fingerprint density at radius 3 is 2.71 bits per heavy atom. The number of hydrogen-bond donors (Lipinski definition) is 1. The van der Waals surface area contributed by atoms with Gasteiger partial charge in [0.15, 0.2) is 5.81 Å². The van der Waals surface area contributed by atoms with Crippen LogP contribution in [-0.4, -0.2) is 19.4 Å². The summed E-state index contributed by atoms with van der Waals surface area (Å²) >= 11 is 1.42. The van der Waals surface area contributed by atoms with E-state index in [0.29, 0.717) is 0 Å². The van der Waals surface area contributed by atoms with E-state index in [1.807, 2.05) is 6.92 Å². The molecule has 0 atom stereocenters. The monoisotopic (exact) mass is 117 g/mol. The number of hydrogen-bond acceptors (Lipinski definition) is 2. The van der Waals surface area contributed by atoms with Crippen molar-refractivity contribution in [3.8, 4) is 0 Å². The summed E-state index contributed by atoms with van der Waals surface area (Å²) in [6.45, 7) is 1.99. The summed E-state index contributed by atoms with van der Waals surface area (Å²) in [6, 6.07) is 0. The van der Waals surface area contributed by atoms with Crippen LogP contribution in [0.2, 0.25) is 0 Å². The third kappa shape index (κ3) is 5.88. The molecule has 1 amide bonds. The van der Waals surface area contributed by atoms with Crippen LogP contribution in [0.1, 0.15) is 6.92 Å². The van der Waals surface area contributed by atoms with Crippen LogP contribution in [0, 0.1) is 0 Å². The summed E-state index contributed by atoms with van der Waals surface area (Å²) in [6.07, 6.45) is 0. The van der Waals surface area contributed by atoms with E-state index in [9.17, 15) is 4.79 Å². The average molecular weight is 117 g/mol.